The Kier molecular flexibility index (Phi) is 29.4. The summed E-state index contributed by atoms with van der Waals surface area (Å²) in [4.78, 5) is 12.2. The van der Waals surface area contributed by atoms with Gasteiger partial charge in [0.15, 0.2) is 5.78 Å². The van der Waals surface area contributed by atoms with Gasteiger partial charge in [0.05, 0.1) is 18.3 Å². The van der Waals surface area contributed by atoms with Crippen LogP contribution in [0.3, 0.4) is 0 Å². The lowest BCUT2D eigenvalue weighted by Gasteiger charge is -2.38. The molecule has 0 heterocycles. The normalized spacial score (nSPS) is 26.4. The average Bonchev–Trinajstić information content (AvgIpc) is 3.37. The summed E-state index contributed by atoms with van der Waals surface area (Å²) in [5.41, 5.74) is 16.0. The summed E-state index contributed by atoms with van der Waals surface area (Å²) in [5.74, 6) is 0.519. The maximum atomic E-state index is 12.2. The van der Waals surface area contributed by atoms with Gasteiger partial charge in [-0.2, -0.15) is 0 Å². The van der Waals surface area contributed by atoms with Gasteiger partial charge in [-0.15, -0.1) is 0 Å². The zero-order valence-electron chi connectivity index (χ0n) is 56.0. The third-order valence-electron chi connectivity index (χ3n) is 16.7. The van der Waals surface area contributed by atoms with Gasteiger partial charge in [0.25, 0.3) is 0 Å². The molecule has 0 aromatic rings. The molecule has 6 unspecified atom stereocenters. The summed E-state index contributed by atoms with van der Waals surface area (Å²) in [5, 5.41) is 40.3. The molecule has 0 aromatic carbocycles. The number of aliphatic hydroxyl groups excluding tert-OH is 4. The van der Waals surface area contributed by atoms with E-state index in [4.69, 9.17) is 0 Å². The summed E-state index contributed by atoms with van der Waals surface area (Å²) in [6.07, 6.45) is 65.0. The van der Waals surface area contributed by atoms with Crippen LogP contribution in [0.2, 0.25) is 0 Å². The van der Waals surface area contributed by atoms with Crippen LogP contribution >= 0.6 is 0 Å². The molecule has 0 aromatic heterocycles. The van der Waals surface area contributed by atoms with Crippen LogP contribution in [-0.4, -0.2) is 50.6 Å². The van der Waals surface area contributed by atoms with Crippen molar-refractivity contribution >= 4 is 5.78 Å². The largest absolute Gasteiger partial charge is 0.393 e. The molecule has 460 valence electrons. The Labute approximate surface area is 517 Å². The van der Waals surface area contributed by atoms with Gasteiger partial charge in [0.1, 0.15) is 6.10 Å². The second kappa shape index (κ2) is 34.2. The molecule has 5 nitrogen and oxygen atoms in total. The van der Waals surface area contributed by atoms with E-state index >= 15 is 0 Å². The second-order valence-corrected chi connectivity index (χ2v) is 27.3. The standard InChI is InChI=1S/C40H54O3.C40H56O2/c1-28(17-13-19-30(3)21-23-35-32(5)25-34(41)26-39(35,7)8)15-11-12-16-29(2)18-14-20-31(4)22-24-36-33(6)38(43)37(42)27-40(36,9)10;1-29(17-13-19-31(3)21-23-37-33(5)25-35(41)27-39(37,7)8)15-11-12-16-30(2)18-14-20-32(4)22-24-38-34(6)26-36(42)28-40(38,9)10/h11-25,34-35,37,41-42H,26-27H2,1-10H3;11-25,35-37,41-42H,26-28H2,1-10H3/b12-11+,17-13+,18-14+,23-21+,24-22+,28-15+,29-16+,30-19+,31-20+;12-11+,17-13+,18-14+,23-21+,24-22+,29-15+,30-16+,31-19+,32-20+. The average molecular weight is 1150 g/mol. The third-order valence-corrected chi connectivity index (χ3v) is 16.7. The summed E-state index contributed by atoms with van der Waals surface area (Å²) in [6, 6.07) is 0. The minimum absolute atomic E-state index is 0.00528. The van der Waals surface area contributed by atoms with Crippen molar-refractivity contribution in [2.75, 3.05) is 0 Å². The van der Waals surface area contributed by atoms with E-state index in [9.17, 15) is 25.2 Å². The van der Waals surface area contributed by atoms with E-state index in [0.29, 0.717) is 23.8 Å². The minimum Gasteiger partial charge on any atom is -0.393 e. The van der Waals surface area contributed by atoms with E-state index < -0.39 is 6.10 Å². The van der Waals surface area contributed by atoms with Crippen molar-refractivity contribution in [3.05, 3.63) is 260 Å². The highest BCUT2D eigenvalue weighted by Crippen LogP contribution is 2.44. The predicted molar refractivity (Wildman–Crippen MR) is 369 cm³/mol. The van der Waals surface area contributed by atoms with Crippen LogP contribution in [0.1, 0.15) is 171 Å². The predicted octanol–water partition coefficient (Wildman–Crippen LogP) is 20.0. The fourth-order valence-electron chi connectivity index (χ4n) is 12.0. The lowest BCUT2D eigenvalue weighted by Crippen LogP contribution is -2.35. The lowest BCUT2D eigenvalue weighted by atomic mass is 9.67. The first-order chi connectivity index (χ1) is 39.6. The van der Waals surface area contributed by atoms with Crippen molar-refractivity contribution in [2.45, 2.75) is 195 Å². The van der Waals surface area contributed by atoms with Gasteiger partial charge in [-0.3, -0.25) is 4.79 Å². The first-order valence-corrected chi connectivity index (χ1v) is 30.8. The number of aliphatic hydroxyl groups is 4. The van der Waals surface area contributed by atoms with Gasteiger partial charge < -0.3 is 20.4 Å². The summed E-state index contributed by atoms with van der Waals surface area (Å²) in [6.45, 7) is 42.4. The second-order valence-electron chi connectivity index (χ2n) is 27.3. The van der Waals surface area contributed by atoms with Gasteiger partial charge in [-0.25, -0.2) is 0 Å². The topological polar surface area (TPSA) is 98.0 Å². The van der Waals surface area contributed by atoms with Crippen molar-refractivity contribution in [3.8, 4) is 0 Å². The first kappa shape index (κ1) is 73.0. The Hall–Kier alpha value is -6.21. The van der Waals surface area contributed by atoms with Crippen molar-refractivity contribution in [3.63, 3.8) is 0 Å². The van der Waals surface area contributed by atoms with Crippen molar-refractivity contribution < 1.29 is 25.2 Å². The fraction of sp³-hybridized carbons (Fsp3) is 0.438. The van der Waals surface area contributed by atoms with E-state index in [0.717, 1.165) is 42.4 Å². The van der Waals surface area contributed by atoms with Crippen LogP contribution in [0.4, 0.5) is 0 Å². The molecule has 0 bridgehead atoms. The molecule has 0 saturated heterocycles. The van der Waals surface area contributed by atoms with Crippen molar-refractivity contribution in [1.82, 2.24) is 0 Å². The third kappa shape index (κ3) is 25.7. The molecule has 0 fully saturated rings. The Morgan fingerprint density at radius 3 is 1.06 bits per heavy atom. The molecular formula is C80H110O5. The first-order valence-electron chi connectivity index (χ1n) is 30.8. The molecule has 4 aliphatic rings. The number of carbonyl (C=O) groups is 1. The molecule has 85 heavy (non-hydrogen) atoms. The molecular weight excluding hydrogens is 1040 g/mol. The van der Waals surface area contributed by atoms with Gasteiger partial charge in [-0.05, 0) is 154 Å². The van der Waals surface area contributed by atoms with E-state index in [1.165, 1.54) is 55.7 Å². The number of carbonyl (C=O) groups excluding carboxylic acids is 1. The van der Waals surface area contributed by atoms with E-state index in [1.54, 1.807) is 0 Å². The van der Waals surface area contributed by atoms with Crippen LogP contribution in [0.25, 0.3) is 0 Å². The van der Waals surface area contributed by atoms with E-state index in [1.807, 2.05) is 56.4 Å². The summed E-state index contributed by atoms with van der Waals surface area (Å²) in [7, 11) is 0. The fourth-order valence-corrected chi connectivity index (χ4v) is 12.0. The highest BCUT2D eigenvalue weighted by Gasteiger charge is 2.38. The maximum Gasteiger partial charge on any atom is 0.187 e. The monoisotopic (exact) mass is 1150 g/mol. The molecule has 4 rings (SSSR count). The number of hydrogen-bond acceptors (Lipinski definition) is 5. The molecule has 0 spiro atoms. The lowest BCUT2D eigenvalue weighted by molar-refractivity contribution is -0.125. The summed E-state index contributed by atoms with van der Waals surface area (Å²) < 4.78 is 0. The van der Waals surface area contributed by atoms with Gasteiger partial charge in [0, 0.05) is 11.8 Å². The molecule has 5 heteroatoms. The SMILES string of the molecule is CC1=CC(O)CC(C)(C)C1/C=C/C(C)=C/C=C/C(C)=C/C=C/C=C(C)/C=C/C=C(C)/C=C/C1=C(C)C(=O)C(O)CC1(C)C.CC1=CC(O)CC(C)(C)C1/C=C/C(C)=C/C=C/C(C)=C/C=C/C=C(C)/C=C/C=C(C)/C=C/C1=C(C)CC(O)CC1(C)C. The zero-order chi connectivity index (χ0) is 63.9. The van der Waals surface area contributed by atoms with Gasteiger partial charge >= 0.3 is 0 Å². The molecule has 0 saturated carbocycles. The maximum absolute atomic E-state index is 12.2. The van der Waals surface area contributed by atoms with E-state index in [2.05, 4.69) is 264 Å². The van der Waals surface area contributed by atoms with Crippen LogP contribution in [0.15, 0.2) is 260 Å². The van der Waals surface area contributed by atoms with Crippen molar-refractivity contribution in [1.29, 1.82) is 0 Å². The van der Waals surface area contributed by atoms with Crippen LogP contribution < -0.4 is 0 Å². The molecule has 0 aliphatic heterocycles. The van der Waals surface area contributed by atoms with Crippen LogP contribution in [0.5, 0.6) is 0 Å². The number of Topliss-reactive ketones (excluding diaryl/α,β-unsaturated/α-hetero) is 1. The Bertz CT molecular complexity index is 3040. The highest BCUT2D eigenvalue weighted by molar-refractivity contribution is 6.00. The van der Waals surface area contributed by atoms with E-state index in [-0.39, 0.29) is 45.8 Å². The van der Waals surface area contributed by atoms with Crippen LogP contribution in [0, 0.1) is 33.5 Å². The number of rotatable bonds is 20. The zero-order valence-corrected chi connectivity index (χ0v) is 56.0. The molecule has 4 aliphatic carbocycles. The number of allylic oxidation sites excluding steroid dienone is 40. The van der Waals surface area contributed by atoms with Gasteiger partial charge in [-0.1, -0.05) is 299 Å². The molecule has 0 radical (unpaired) electrons. The Balaban J connectivity index is 0.000000445. The number of ketones is 1. The molecule has 4 N–H and O–H groups in total. The van der Waals surface area contributed by atoms with Crippen molar-refractivity contribution in [2.24, 2.45) is 33.5 Å². The van der Waals surface area contributed by atoms with Crippen LogP contribution in [-0.2, 0) is 4.79 Å². The minimum atomic E-state index is -0.898. The Morgan fingerprint density at radius 1 is 0.412 bits per heavy atom. The molecule has 0 amide bonds. The summed E-state index contributed by atoms with van der Waals surface area (Å²) >= 11 is 0. The Morgan fingerprint density at radius 2 is 0.718 bits per heavy atom. The smallest absolute Gasteiger partial charge is 0.187 e. The quantitative estimate of drug-likeness (QED) is 0.0719. The number of hydrogen-bond donors (Lipinski definition) is 4. The van der Waals surface area contributed by atoms with Gasteiger partial charge in [0.2, 0.25) is 0 Å². The highest BCUT2D eigenvalue weighted by atomic mass is 16.3. The molecule has 6 atom stereocenters.